The number of carbonyl (C=O) groups is 2. The molecule has 1 aliphatic heterocycles. The van der Waals surface area contributed by atoms with E-state index in [0.717, 1.165) is 24.3 Å². The molecule has 0 saturated carbocycles. The van der Waals surface area contributed by atoms with Crippen molar-refractivity contribution in [2.24, 2.45) is 0 Å². The molecule has 1 fully saturated rings. The SMILES string of the molecule is CNC(=O)c1ccsc1NC(=O)Cc1ccc(OCCCN2CCCCC2)cc1. The van der Waals surface area contributed by atoms with Gasteiger partial charge in [0.05, 0.1) is 18.6 Å². The first-order valence-corrected chi connectivity index (χ1v) is 11.1. The van der Waals surface area contributed by atoms with Gasteiger partial charge in [-0.25, -0.2) is 0 Å². The second-order valence-corrected chi connectivity index (χ2v) is 8.13. The van der Waals surface area contributed by atoms with Crippen LogP contribution in [-0.2, 0) is 11.2 Å². The largest absolute Gasteiger partial charge is 0.494 e. The predicted molar refractivity (Wildman–Crippen MR) is 117 cm³/mol. The second kappa shape index (κ2) is 11.0. The molecule has 0 aliphatic carbocycles. The zero-order valence-corrected chi connectivity index (χ0v) is 17.7. The van der Waals surface area contributed by atoms with Crippen molar-refractivity contribution >= 4 is 28.2 Å². The number of amides is 2. The Balaban J connectivity index is 1.41. The molecule has 7 heteroatoms. The topological polar surface area (TPSA) is 70.7 Å². The van der Waals surface area contributed by atoms with Crippen molar-refractivity contribution in [3.63, 3.8) is 0 Å². The minimum absolute atomic E-state index is 0.146. The van der Waals surface area contributed by atoms with Crippen molar-refractivity contribution in [3.8, 4) is 5.75 Å². The molecule has 2 heterocycles. The smallest absolute Gasteiger partial charge is 0.254 e. The van der Waals surface area contributed by atoms with E-state index in [-0.39, 0.29) is 18.2 Å². The Morgan fingerprint density at radius 3 is 2.59 bits per heavy atom. The van der Waals surface area contributed by atoms with Crippen LogP contribution in [-0.4, -0.2) is 50.0 Å². The first-order valence-electron chi connectivity index (χ1n) is 10.2. The van der Waals surface area contributed by atoms with E-state index < -0.39 is 0 Å². The number of thiophene rings is 1. The zero-order chi connectivity index (χ0) is 20.5. The number of hydrogen-bond acceptors (Lipinski definition) is 5. The van der Waals surface area contributed by atoms with Crippen LogP contribution in [0.2, 0.25) is 0 Å². The van der Waals surface area contributed by atoms with Crippen LogP contribution in [0.1, 0.15) is 41.6 Å². The molecule has 1 saturated heterocycles. The van der Waals surface area contributed by atoms with Gasteiger partial charge in [0.2, 0.25) is 5.91 Å². The standard InChI is InChI=1S/C22H29N3O3S/c1-23-21(27)19-10-15-29-22(19)24-20(26)16-17-6-8-18(9-7-17)28-14-5-13-25-11-3-2-4-12-25/h6-10,15H,2-5,11-14,16H2,1H3,(H,23,27)(H,24,26). The summed E-state index contributed by atoms with van der Waals surface area (Å²) in [5.41, 5.74) is 1.39. The second-order valence-electron chi connectivity index (χ2n) is 7.22. The lowest BCUT2D eigenvalue weighted by Gasteiger charge is -2.26. The highest BCUT2D eigenvalue weighted by molar-refractivity contribution is 7.14. The van der Waals surface area contributed by atoms with Gasteiger partial charge >= 0.3 is 0 Å². The van der Waals surface area contributed by atoms with E-state index in [2.05, 4.69) is 15.5 Å². The molecule has 1 aromatic heterocycles. The Morgan fingerprint density at radius 2 is 1.86 bits per heavy atom. The summed E-state index contributed by atoms with van der Waals surface area (Å²) in [6, 6.07) is 9.34. The molecular weight excluding hydrogens is 386 g/mol. The Hall–Kier alpha value is -2.38. The molecule has 6 nitrogen and oxygen atoms in total. The molecule has 0 bridgehead atoms. The van der Waals surface area contributed by atoms with E-state index in [1.54, 1.807) is 18.5 Å². The maximum absolute atomic E-state index is 12.3. The summed E-state index contributed by atoms with van der Waals surface area (Å²) in [4.78, 5) is 26.6. The third-order valence-electron chi connectivity index (χ3n) is 5.01. The summed E-state index contributed by atoms with van der Waals surface area (Å²) in [6.07, 6.45) is 5.27. The van der Waals surface area contributed by atoms with Gasteiger partial charge in [-0.15, -0.1) is 11.3 Å². The van der Waals surface area contributed by atoms with E-state index in [1.165, 1.54) is 43.7 Å². The molecule has 2 amide bonds. The van der Waals surface area contributed by atoms with Crippen molar-refractivity contribution in [1.29, 1.82) is 0 Å². The quantitative estimate of drug-likeness (QED) is 0.615. The summed E-state index contributed by atoms with van der Waals surface area (Å²) in [5.74, 6) is 0.476. The number of nitrogens with one attached hydrogen (secondary N) is 2. The monoisotopic (exact) mass is 415 g/mol. The molecule has 3 rings (SSSR count). The summed E-state index contributed by atoms with van der Waals surface area (Å²) in [6.45, 7) is 4.23. The van der Waals surface area contributed by atoms with Crippen LogP contribution in [0.3, 0.4) is 0 Å². The van der Waals surface area contributed by atoms with E-state index in [1.807, 2.05) is 24.3 Å². The molecule has 2 N–H and O–H groups in total. The minimum Gasteiger partial charge on any atom is -0.494 e. The van der Waals surface area contributed by atoms with Crippen LogP contribution in [0.4, 0.5) is 5.00 Å². The Bertz CT molecular complexity index is 798. The van der Waals surface area contributed by atoms with Gasteiger partial charge in [0, 0.05) is 13.6 Å². The number of anilines is 1. The van der Waals surface area contributed by atoms with Crippen LogP contribution in [0, 0.1) is 0 Å². The Labute approximate surface area is 176 Å². The van der Waals surface area contributed by atoms with Crippen molar-refractivity contribution < 1.29 is 14.3 Å². The lowest BCUT2D eigenvalue weighted by Crippen LogP contribution is -2.31. The highest BCUT2D eigenvalue weighted by Crippen LogP contribution is 2.23. The highest BCUT2D eigenvalue weighted by Gasteiger charge is 2.14. The van der Waals surface area contributed by atoms with Gasteiger partial charge < -0.3 is 20.3 Å². The maximum Gasteiger partial charge on any atom is 0.254 e. The van der Waals surface area contributed by atoms with E-state index in [4.69, 9.17) is 4.74 Å². The third kappa shape index (κ3) is 6.58. The predicted octanol–water partition coefficient (Wildman–Crippen LogP) is 3.54. The number of benzene rings is 1. The molecule has 2 aromatic rings. The van der Waals surface area contributed by atoms with Gasteiger partial charge in [0.1, 0.15) is 10.8 Å². The maximum atomic E-state index is 12.3. The average Bonchev–Trinajstić information content (AvgIpc) is 3.20. The van der Waals surface area contributed by atoms with Crippen LogP contribution in [0.15, 0.2) is 35.7 Å². The number of carbonyl (C=O) groups excluding carboxylic acids is 2. The fourth-order valence-corrected chi connectivity index (χ4v) is 4.24. The summed E-state index contributed by atoms with van der Waals surface area (Å²) in [7, 11) is 1.57. The molecule has 0 atom stereocenters. The fourth-order valence-electron chi connectivity index (χ4n) is 3.44. The van der Waals surface area contributed by atoms with Crippen molar-refractivity contribution in [1.82, 2.24) is 10.2 Å². The van der Waals surface area contributed by atoms with E-state index in [0.29, 0.717) is 17.2 Å². The van der Waals surface area contributed by atoms with E-state index >= 15 is 0 Å². The summed E-state index contributed by atoms with van der Waals surface area (Å²) in [5, 5.41) is 7.76. The lowest BCUT2D eigenvalue weighted by molar-refractivity contribution is -0.115. The van der Waals surface area contributed by atoms with Gasteiger partial charge in [0.25, 0.3) is 5.91 Å². The van der Waals surface area contributed by atoms with Gasteiger partial charge in [-0.3, -0.25) is 9.59 Å². The highest BCUT2D eigenvalue weighted by atomic mass is 32.1. The first kappa shape index (κ1) is 21.3. The number of likely N-dealkylation sites (tertiary alicyclic amines) is 1. The number of nitrogens with zero attached hydrogens (tertiary/aromatic N) is 1. The van der Waals surface area contributed by atoms with Gasteiger partial charge in [-0.1, -0.05) is 18.6 Å². The third-order valence-corrected chi connectivity index (χ3v) is 5.84. The van der Waals surface area contributed by atoms with Gasteiger partial charge in [0.15, 0.2) is 0 Å². The zero-order valence-electron chi connectivity index (χ0n) is 16.9. The molecule has 1 aliphatic rings. The Kier molecular flexibility index (Phi) is 8.07. The van der Waals surface area contributed by atoms with Gasteiger partial charge in [-0.05, 0) is 61.5 Å². The van der Waals surface area contributed by atoms with Crippen molar-refractivity contribution in [2.75, 3.05) is 38.6 Å². The molecule has 29 heavy (non-hydrogen) atoms. The van der Waals surface area contributed by atoms with Crippen LogP contribution < -0.4 is 15.4 Å². The molecule has 0 radical (unpaired) electrons. The minimum atomic E-state index is -0.205. The first-order chi connectivity index (χ1) is 14.2. The molecular formula is C22H29N3O3S. The van der Waals surface area contributed by atoms with Crippen LogP contribution >= 0.6 is 11.3 Å². The average molecular weight is 416 g/mol. The number of ether oxygens (including phenoxy) is 1. The molecule has 156 valence electrons. The van der Waals surface area contributed by atoms with Crippen LogP contribution in [0.5, 0.6) is 5.75 Å². The fraction of sp³-hybridized carbons (Fsp3) is 0.455. The molecule has 1 aromatic carbocycles. The molecule has 0 spiro atoms. The number of piperidine rings is 1. The van der Waals surface area contributed by atoms with Crippen molar-refractivity contribution in [3.05, 3.63) is 46.8 Å². The molecule has 0 unspecified atom stereocenters. The Morgan fingerprint density at radius 1 is 1.10 bits per heavy atom. The summed E-state index contributed by atoms with van der Waals surface area (Å²) < 4.78 is 5.83. The normalized spacial score (nSPS) is 14.4. The van der Waals surface area contributed by atoms with Gasteiger partial charge in [-0.2, -0.15) is 0 Å². The van der Waals surface area contributed by atoms with Crippen LogP contribution in [0.25, 0.3) is 0 Å². The van der Waals surface area contributed by atoms with Crippen molar-refractivity contribution in [2.45, 2.75) is 32.1 Å². The lowest BCUT2D eigenvalue weighted by atomic mass is 10.1. The number of hydrogen-bond donors (Lipinski definition) is 2. The summed E-state index contributed by atoms with van der Waals surface area (Å²) >= 11 is 1.34. The van der Waals surface area contributed by atoms with E-state index in [9.17, 15) is 9.59 Å². The number of rotatable bonds is 9.